The number of aromatic nitrogens is 1. The van der Waals surface area contributed by atoms with Gasteiger partial charge in [0.25, 0.3) is 0 Å². The molecule has 0 fully saturated rings. The second kappa shape index (κ2) is 15.4. The summed E-state index contributed by atoms with van der Waals surface area (Å²) in [5.74, 6) is -3.08. The van der Waals surface area contributed by atoms with Crippen molar-refractivity contribution in [3.05, 3.63) is 36.0 Å². The van der Waals surface area contributed by atoms with Crippen LogP contribution >= 0.6 is 12.6 Å². The lowest BCUT2D eigenvalue weighted by Crippen LogP contribution is -2.59. The lowest BCUT2D eigenvalue weighted by atomic mass is 9.96. The number of nitrogens with one attached hydrogen (secondary N) is 4. The highest BCUT2D eigenvalue weighted by Gasteiger charge is 2.32. The summed E-state index contributed by atoms with van der Waals surface area (Å²) < 4.78 is 0. The van der Waals surface area contributed by atoms with Crippen molar-refractivity contribution >= 4 is 47.2 Å². The number of fused-ring (bicyclic) bond motifs is 1. The number of aromatic amines is 1. The van der Waals surface area contributed by atoms with Crippen LogP contribution < -0.4 is 27.4 Å². The molecule has 0 bridgehead atoms. The minimum atomic E-state index is -1.21. The minimum absolute atomic E-state index is 0.0612. The zero-order chi connectivity index (χ0) is 28.2. The van der Waals surface area contributed by atoms with Crippen molar-refractivity contribution in [1.82, 2.24) is 20.9 Å². The van der Waals surface area contributed by atoms with E-state index in [2.05, 4.69) is 33.6 Å². The van der Waals surface area contributed by atoms with Crippen LogP contribution in [0.1, 0.15) is 45.1 Å². The molecule has 5 unspecified atom stereocenters. The Balaban J connectivity index is 2.18. The fraction of sp³-hybridized carbons (Fsp3) is 0.538. The van der Waals surface area contributed by atoms with Crippen LogP contribution in [0.3, 0.4) is 0 Å². The molecule has 210 valence electrons. The number of carboxylic acid groups (broad SMARTS) is 1. The van der Waals surface area contributed by atoms with Gasteiger partial charge in [-0.3, -0.25) is 14.4 Å². The summed E-state index contributed by atoms with van der Waals surface area (Å²) in [6, 6.07) is 3.45. The number of carbonyl (C=O) groups excluding carboxylic acids is 3. The molecule has 2 aromatic rings. The van der Waals surface area contributed by atoms with Crippen LogP contribution in [0, 0.1) is 5.92 Å². The molecule has 0 radical (unpaired) electrons. The Morgan fingerprint density at radius 3 is 2.34 bits per heavy atom. The van der Waals surface area contributed by atoms with Gasteiger partial charge in [0, 0.05) is 29.3 Å². The van der Waals surface area contributed by atoms with E-state index >= 15 is 0 Å². The predicted octanol–water partition coefficient (Wildman–Crippen LogP) is 0.682. The molecule has 1 heterocycles. The second-order valence-corrected chi connectivity index (χ2v) is 9.83. The molecule has 1 aromatic heterocycles. The van der Waals surface area contributed by atoms with Gasteiger partial charge >= 0.3 is 5.97 Å². The molecule has 2 rings (SSSR count). The first-order valence-electron chi connectivity index (χ1n) is 12.9. The molecule has 0 spiro atoms. The minimum Gasteiger partial charge on any atom is -0.480 e. The number of benzene rings is 1. The fourth-order valence-electron chi connectivity index (χ4n) is 4.06. The van der Waals surface area contributed by atoms with E-state index in [1.54, 1.807) is 13.1 Å². The maximum absolute atomic E-state index is 13.3. The summed E-state index contributed by atoms with van der Waals surface area (Å²) in [5.41, 5.74) is 12.9. The number of para-hydroxylation sites is 1. The highest BCUT2D eigenvalue weighted by molar-refractivity contribution is 7.80. The number of rotatable bonds is 16. The monoisotopic (exact) mass is 548 g/mol. The number of aliphatic carboxylic acids is 1. The molecule has 12 heteroatoms. The third-order valence-corrected chi connectivity index (χ3v) is 7.01. The Morgan fingerprint density at radius 1 is 1.03 bits per heavy atom. The molecular formula is C26H40N6O5S. The normalized spacial score (nSPS) is 15.2. The molecule has 11 nitrogen and oxygen atoms in total. The smallest absolute Gasteiger partial charge is 0.326 e. The number of carbonyl (C=O) groups is 4. The third-order valence-electron chi connectivity index (χ3n) is 6.62. The van der Waals surface area contributed by atoms with Crippen LogP contribution in [0.15, 0.2) is 30.5 Å². The molecule has 0 saturated carbocycles. The topological polar surface area (TPSA) is 192 Å². The number of amides is 3. The molecule has 9 N–H and O–H groups in total. The van der Waals surface area contributed by atoms with Crippen LogP contribution in [-0.4, -0.2) is 70.2 Å². The summed E-state index contributed by atoms with van der Waals surface area (Å²) in [5, 5.41) is 18.7. The molecule has 38 heavy (non-hydrogen) atoms. The molecule has 0 saturated heterocycles. The number of hydrogen-bond donors (Lipinski definition) is 8. The largest absolute Gasteiger partial charge is 0.480 e. The highest BCUT2D eigenvalue weighted by Crippen LogP contribution is 2.19. The average molecular weight is 549 g/mol. The SMILES string of the molecule is CCC(C)C(NC(=O)C(CCCCN)NC(=O)C(N)CS)C(=O)NC(Cc1c[nH]c2ccccc12)C(=O)O. The molecule has 0 aliphatic carbocycles. The molecule has 5 atom stereocenters. The van der Waals surface area contributed by atoms with Gasteiger partial charge in [-0.15, -0.1) is 0 Å². The van der Waals surface area contributed by atoms with Crippen molar-refractivity contribution in [2.45, 2.75) is 70.1 Å². The van der Waals surface area contributed by atoms with Crippen molar-refractivity contribution in [1.29, 1.82) is 0 Å². The van der Waals surface area contributed by atoms with Gasteiger partial charge in [0.1, 0.15) is 18.1 Å². The van der Waals surface area contributed by atoms with Gasteiger partial charge in [-0.2, -0.15) is 12.6 Å². The number of nitrogens with two attached hydrogens (primary N) is 2. The number of thiol groups is 1. The van der Waals surface area contributed by atoms with Crippen LogP contribution in [-0.2, 0) is 25.6 Å². The van der Waals surface area contributed by atoms with Crippen molar-refractivity contribution in [3.63, 3.8) is 0 Å². The first-order chi connectivity index (χ1) is 18.1. The first kappa shape index (κ1) is 31.1. The third kappa shape index (κ3) is 8.74. The molecular weight excluding hydrogens is 508 g/mol. The van der Waals surface area contributed by atoms with E-state index in [1.165, 1.54) is 0 Å². The number of unbranched alkanes of at least 4 members (excludes halogenated alkanes) is 1. The Kier molecular flexibility index (Phi) is 12.6. The van der Waals surface area contributed by atoms with Crippen molar-refractivity contribution in [2.24, 2.45) is 17.4 Å². The van der Waals surface area contributed by atoms with Crippen LogP contribution in [0.4, 0.5) is 0 Å². The lowest BCUT2D eigenvalue weighted by Gasteiger charge is -2.28. The summed E-state index contributed by atoms with van der Waals surface area (Å²) in [7, 11) is 0. The van der Waals surface area contributed by atoms with Gasteiger partial charge in [-0.25, -0.2) is 4.79 Å². The van der Waals surface area contributed by atoms with Gasteiger partial charge in [0.05, 0.1) is 6.04 Å². The van der Waals surface area contributed by atoms with E-state index in [1.807, 2.05) is 31.2 Å². The summed E-state index contributed by atoms with van der Waals surface area (Å²) in [6.45, 7) is 4.09. The van der Waals surface area contributed by atoms with E-state index in [4.69, 9.17) is 11.5 Å². The number of carboxylic acids is 1. The predicted molar refractivity (Wildman–Crippen MR) is 150 cm³/mol. The number of hydrogen-bond acceptors (Lipinski definition) is 7. The fourth-order valence-corrected chi connectivity index (χ4v) is 4.23. The zero-order valence-electron chi connectivity index (χ0n) is 21.9. The standard InChI is InChI=1S/C26H40N6O5S/c1-3-15(2)22(32-24(34)20(10-6-7-11-27)30-23(33)18(28)14-38)25(35)31-21(26(36)37)12-16-13-29-19-9-5-4-8-17(16)19/h4-5,8-9,13,15,18,20-22,29,38H,3,6-7,10-12,14,27-28H2,1-2H3,(H,30,33)(H,31,35)(H,32,34)(H,36,37). The summed E-state index contributed by atoms with van der Waals surface area (Å²) in [4.78, 5) is 54.1. The quantitative estimate of drug-likeness (QED) is 0.112. The molecule has 0 aliphatic heterocycles. The second-order valence-electron chi connectivity index (χ2n) is 9.47. The van der Waals surface area contributed by atoms with Crippen LogP contribution in [0.2, 0.25) is 0 Å². The Hall–Kier alpha value is -3.09. The van der Waals surface area contributed by atoms with E-state index in [-0.39, 0.29) is 18.1 Å². The van der Waals surface area contributed by atoms with Crippen LogP contribution in [0.5, 0.6) is 0 Å². The number of H-pyrrole nitrogens is 1. The Morgan fingerprint density at radius 2 is 1.71 bits per heavy atom. The van der Waals surface area contributed by atoms with E-state index in [9.17, 15) is 24.3 Å². The van der Waals surface area contributed by atoms with Crippen molar-refractivity contribution < 1.29 is 24.3 Å². The van der Waals surface area contributed by atoms with Gasteiger partial charge in [0.2, 0.25) is 17.7 Å². The first-order valence-corrected chi connectivity index (χ1v) is 13.5. The van der Waals surface area contributed by atoms with E-state index in [0.717, 1.165) is 16.5 Å². The van der Waals surface area contributed by atoms with Gasteiger partial charge in [0.15, 0.2) is 0 Å². The van der Waals surface area contributed by atoms with Gasteiger partial charge in [-0.05, 0) is 43.4 Å². The maximum atomic E-state index is 13.3. The van der Waals surface area contributed by atoms with Gasteiger partial charge < -0.3 is 37.5 Å². The van der Waals surface area contributed by atoms with Gasteiger partial charge in [-0.1, -0.05) is 38.5 Å². The van der Waals surface area contributed by atoms with Crippen molar-refractivity contribution in [3.8, 4) is 0 Å². The van der Waals surface area contributed by atoms with E-state index in [0.29, 0.717) is 32.2 Å². The van der Waals surface area contributed by atoms with Crippen molar-refractivity contribution in [2.75, 3.05) is 12.3 Å². The molecule has 3 amide bonds. The zero-order valence-corrected chi connectivity index (χ0v) is 22.8. The van der Waals surface area contributed by atoms with Crippen LogP contribution in [0.25, 0.3) is 10.9 Å². The average Bonchev–Trinajstić information content (AvgIpc) is 3.32. The molecule has 1 aromatic carbocycles. The Labute approximate surface area is 228 Å². The van der Waals surface area contributed by atoms with E-state index < -0.39 is 47.9 Å². The highest BCUT2D eigenvalue weighted by atomic mass is 32.1. The Bertz CT molecular complexity index is 1090. The molecule has 0 aliphatic rings. The summed E-state index contributed by atoms with van der Waals surface area (Å²) in [6.07, 6.45) is 3.88. The summed E-state index contributed by atoms with van der Waals surface area (Å²) >= 11 is 4.03. The lowest BCUT2D eigenvalue weighted by molar-refractivity contribution is -0.142. The maximum Gasteiger partial charge on any atom is 0.326 e.